The van der Waals surface area contributed by atoms with E-state index >= 15 is 4.79 Å². The van der Waals surface area contributed by atoms with Crippen LogP contribution in [0.4, 0.5) is 0 Å². The molecular weight excluding hydrogens is 1190 g/mol. The van der Waals surface area contributed by atoms with E-state index in [0.717, 1.165) is 38.0 Å². The first-order valence-corrected chi connectivity index (χ1v) is 31.5. The highest BCUT2D eigenvalue weighted by atomic mass is 35.5. The van der Waals surface area contributed by atoms with Crippen molar-refractivity contribution in [3.8, 4) is 23.0 Å². The van der Waals surface area contributed by atoms with Gasteiger partial charge in [-0.1, -0.05) is 106 Å². The van der Waals surface area contributed by atoms with Gasteiger partial charge in [0.05, 0.1) is 48.5 Å². The van der Waals surface area contributed by atoms with Gasteiger partial charge in [-0.3, -0.25) is 4.79 Å². The van der Waals surface area contributed by atoms with Crippen LogP contribution in [0.3, 0.4) is 0 Å². The van der Waals surface area contributed by atoms with E-state index in [1.165, 1.54) is 116 Å². The Kier molecular flexibility index (Phi) is 22.6. The number of ether oxygens (including phenoxy) is 4. The molecule has 19 heteroatoms. The Morgan fingerprint density at radius 1 is 0.563 bits per heavy atom. The van der Waals surface area contributed by atoms with E-state index in [-0.39, 0.29) is 112 Å². The highest BCUT2D eigenvalue weighted by Gasteiger charge is 2.61. The zero-order valence-corrected chi connectivity index (χ0v) is 54.4. The quantitative estimate of drug-likeness (QED) is 0.0324. The fraction of sp³-hybridized carbons (Fsp3) is 0.515. The average Bonchev–Trinajstić information content (AvgIpc) is 1.71. The van der Waals surface area contributed by atoms with Crippen molar-refractivity contribution in [1.29, 1.82) is 0 Å². The van der Waals surface area contributed by atoms with Gasteiger partial charge in [-0.2, -0.15) is 0 Å². The monoisotopic (exact) mass is 1280 g/mol. The van der Waals surface area contributed by atoms with E-state index in [1.807, 2.05) is 11.0 Å². The molecule has 1 amide bonds. The van der Waals surface area contributed by atoms with E-state index in [9.17, 15) is 39.6 Å². The summed E-state index contributed by atoms with van der Waals surface area (Å²) in [6, 6.07) is 11.3. The number of rotatable bonds is 24. The number of aromatic carboxylic acids is 4. The predicted molar refractivity (Wildman–Crippen MR) is 341 cm³/mol. The van der Waals surface area contributed by atoms with Gasteiger partial charge >= 0.3 is 23.9 Å². The van der Waals surface area contributed by atoms with Crippen molar-refractivity contribution in [1.82, 2.24) is 11.1 Å². The third-order valence-electron chi connectivity index (χ3n) is 20.2. The van der Waals surface area contributed by atoms with Crippen LogP contribution in [0.5, 0.6) is 23.0 Å². The van der Waals surface area contributed by atoms with Crippen molar-refractivity contribution in [3.05, 3.63) is 125 Å². The molecule has 9 atom stereocenters. The number of allylic oxidation sites excluding steroid dienone is 1. The minimum atomic E-state index is -1.34. The van der Waals surface area contributed by atoms with Crippen LogP contribution in [0.15, 0.2) is 60.7 Å². The number of hydrogen-bond acceptors (Lipinski definition) is 10. The van der Waals surface area contributed by atoms with Crippen molar-refractivity contribution < 1.29 is 63.3 Å². The molecule has 7 N–H and O–H groups in total. The van der Waals surface area contributed by atoms with Gasteiger partial charge in [0.1, 0.15) is 22.3 Å². The molecule has 0 heterocycles. The SMILES string of the molecule is COc1c(Cl)cc(C(=CCCCCN(C(=O)C=C(c2cc(Cl)c(OC)c(C(=O)O)c2)c2cc(Cl)c(OC)c(C(=O)O)c2)[C@H]2CC[C@@]3(C)[C@@H](CC[C@@H]4[C@@H]3CC[C@]3(C)[C@@H](C(C)CCCC(C)C)CC[C@@H]43)C2)c2cc(Cl)c(OC)c(C(=O)O)c2)cc1C(=O)O.N. The molecule has 4 aromatic rings. The van der Waals surface area contributed by atoms with E-state index in [0.29, 0.717) is 76.9 Å². The summed E-state index contributed by atoms with van der Waals surface area (Å²) in [7, 11) is 5.22. The zero-order chi connectivity index (χ0) is 62.7. The number of halogens is 4. The van der Waals surface area contributed by atoms with Gasteiger partial charge in [0.25, 0.3) is 0 Å². The Labute approximate surface area is 531 Å². The maximum absolute atomic E-state index is 15.7. The third kappa shape index (κ3) is 14.1. The number of fused-ring (bicyclic) bond motifs is 5. The molecule has 0 spiro atoms. The van der Waals surface area contributed by atoms with E-state index in [1.54, 1.807) is 12.1 Å². The van der Waals surface area contributed by atoms with Crippen molar-refractivity contribution >= 4 is 87.3 Å². The summed E-state index contributed by atoms with van der Waals surface area (Å²) in [5.41, 5.74) is 1.15. The molecule has 87 heavy (non-hydrogen) atoms. The Morgan fingerprint density at radius 2 is 1.00 bits per heavy atom. The maximum atomic E-state index is 15.7. The van der Waals surface area contributed by atoms with Crippen molar-refractivity contribution in [3.63, 3.8) is 0 Å². The van der Waals surface area contributed by atoms with Crippen LogP contribution in [-0.2, 0) is 4.79 Å². The molecule has 0 aliphatic heterocycles. The normalized spacial score (nSPS) is 23.1. The molecule has 8 rings (SSSR count). The van der Waals surface area contributed by atoms with Crippen LogP contribution in [0.25, 0.3) is 11.1 Å². The number of carbonyl (C=O) groups excluding carboxylic acids is 1. The summed E-state index contributed by atoms with van der Waals surface area (Å²) in [6.45, 7) is 12.6. The average molecular weight is 1280 g/mol. The summed E-state index contributed by atoms with van der Waals surface area (Å²) in [5, 5.41) is 41.2. The van der Waals surface area contributed by atoms with E-state index in [4.69, 9.17) is 65.4 Å². The number of amides is 1. The smallest absolute Gasteiger partial charge is 0.339 e. The Balaban J connectivity index is 0.0000108. The second kappa shape index (κ2) is 28.7. The lowest BCUT2D eigenvalue weighted by Gasteiger charge is -2.62. The predicted octanol–water partition coefficient (Wildman–Crippen LogP) is 17.3. The summed E-state index contributed by atoms with van der Waals surface area (Å²) in [4.78, 5) is 68.3. The Morgan fingerprint density at radius 3 is 1.44 bits per heavy atom. The first-order valence-electron chi connectivity index (χ1n) is 30.0. The van der Waals surface area contributed by atoms with Gasteiger partial charge in [-0.15, -0.1) is 0 Å². The molecule has 4 aliphatic carbocycles. The fourth-order valence-electron chi connectivity index (χ4n) is 16.1. The molecule has 4 saturated carbocycles. The lowest BCUT2D eigenvalue weighted by Crippen LogP contribution is -2.56. The molecule has 1 unspecified atom stereocenters. The molecule has 0 radical (unpaired) electrons. The van der Waals surface area contributed by atoms with Crippen LogP contribution >= 0.6 is 46.4 Å². The zero-order valence-electron chi connectivity index (χ0n) is 51.3. The molecule has 4 fully saturated rings. The van der Waals surface area contributed by atoms with Gasteiger partial charge in [-0.05, 0) is 211 Å². The fourth-order valence-corrected chi connectivity index (χ4v) is 17.3. The van der Waals surface area contributed by atoms with Crippen molar-refractivity contribution in [2.24, 2.45) is 52.3 Å². The standard InChI is InChI=1S/C68H81Cl4NO13.H3N/c1-36(2)14-13-15-37(3)51-19-20-52-45-18-17-42-34-43(21-23-67(42,4)53(45)22-24-68(51,52)5)73(58(74)35-46(40-28-49(65(79)80)61(85-8)56(71)32-40)41-29-50(66(81)82)62(86-9)57(72)33-41)25-12-10-11-16-44(38-26-47(63(75)76)59(83-6)54(69)30-38)39-27-48(64(77)78)60(84-7)55(70)31-39;/h16,26-33,35-37,42-43,45,51-53H,10-15,17-25,34H2,1-9H3,(H,75,76)(H,77,78)(H,79,80)(H,81,82);1H3/t37?,42-,43-,45-,51+,52-,53-,67-,68+;/m0./s1. The van der Waals surface area contributed by atoms with E-state index in [2.05, 4.69) is 34.6 Å². The summed E-state index contributed by atoms with van der Waals surface area (Å²) in [5.74, 6) is -1.48. The summed E-state index contributed by atoms with van der Waals surface area (Å²) < 4.78 is 21.6. The number of carboxylic acid groups (broad SMARTS) is 4. The number of unbranched alkanes of at least 4 members (excludes halogenated alkanes) is 2. The van der Waals surface area contributed by atoms with Gasteiger partial charge in [0.15, 0.2) is 23.0 Å². The molecule has 0 aromatic heterocycles. The number of benzene rings is 4. The highest BCUT2D eigenvalue weighted by Crippen LogP contribution is 2.68. The van der Waals surface area contributed by atoms with Crippen molar-refractivity contribution in [2.45, 2.75) is 137 Å². The number of carboxylic acids is 4. The lowest BCUT2D eigenvalue weighted by atomic mass is 9.44. The number of methoxy groups -OCH3 is 4. The van der Waals surface area contributed by atoms with Gasteiger partial charge in [0, 0.05) is 18.7 Å². The van der Waals surface area contributed by atoms with Gasteiger partial charge in [0.2, 0.25) is 5.91 Å². The second-order valence-electron chi connectivity index (χ2n) is 25.2. The number of nitrogens with zero attached hydrogens (tertiary/aromatic N) is 1. The summed E-state index contributed by atoms with van der Waals surface area (Å²) >= 11 is 26.8. The molecule has 0 bridgehead atoms. The van der Waals surface area contributed by atoms with Gasteiger partial charge in [-0.25, -0.2) is 19.2 Å². The molecular formula is C68H84Cl4N2O13. The number of hydrogen-bond donors (Lipinski definition) is 5. The van der Waals surface area contributed by atoms with E-state index < -0.39 is 23.9 Å². The molecule has 15 nitrogen and oxygen atoms in total. The first-order chi connectivity index (χ1) is 40.8. The molecule has 472 valence electrons. The largest absolute Gasteiger partial charge is 0.494 e. The molecule has 4 aromatic carbocycles. The Hall–Kier alpha value is -5.97. The molecule has 4 aliphatic rings. The lowest BCUT2D eigenvalue weighted by molar-refractivity contribution is -0.139. The van der Waals surface area contributed by atoms with Crippen molar-refractivity contribution in [2.75, 3.05) is 35.0 Å². The minimum Gasteiger partial charge on any atom is -0.494 e. The van der Waals surface area contributed by atoms with Crippen LogP contribution in [-0.4, -0.2) is 96.1 Å². The second-order valence-corrected chi connectivity index (χ2v) is 26.8. The molecule has 0 saturated heterocycles. The van der Waals surface area contributed by atoms with Crippen LogP contribution in [0.1, 0.15) is 195 Å². The van der Waals surface area contributed by atoms with Crippen LogP contribution < -0.4 is 25.1 Å². The summed E-state index contributed by atoms with van der Waals surface area (Å²) in [6.07, 6.45) is 18.2. The highest BCUT2D eigenvalue weighted by molar-refractivity contribution is 6.34. The topological polar surface area (TPSA) is 241 Å². The minimum absolute atomic E-state index is 0. The van der Waals surface area contributed by atoms with Crippen LogP contribution in [0.2, 0.25) is 20.1 Å². The van der Waals surface area contributed by atoms with Gasteiger partial charge < -0.3 is 50.4 Å². The first kappa shape index (κ1) is 68.5. The third-order valence-corrected chi connectivity index (χ3v) is 21.3. The Bertz CT molecular complexity index is 3180. The number of carbonyl (C=O) groups is 5. The maximum Gasteiger partial charge on any atom is 0.339 e. The van der Waals surface area contributed by atoms with Crippen LogP contribution in [0, 0.1) is 52.3 Å².